The van der Waals surface area contributed by atoms with E-state index in [1.54, 1.807) is 23.7 Å². The zero-order valence-electron chi connectivity index (χ0n) is 12.0. The van der Waals surface area contributed by atoms with Crippen LogP contribution < -0.4 is 0 Å². The van der Waals surface area contributed by atoms with Crippen LogP contribution in [-0.4, -0.2) is 52.9 Å². The first kappa shape index (κ1) is 15.8. The summed E-state index contributed by atoms with van der Waals surface area (Å²) in [6.07, 6.45) is 0.430. The molecule has 5 nitrogen and oxygen atoms in total. The SMILES string of the molecule is CN(CC#N)C(=O)[C@@H]1CSCN1C(=O)CC(C)(C)C. The number of amides is 2. The molecule has 0 bridgehead atoms. The molecule has 0 aliphatic carbocycles. The molecule has 0 spiro atoms. The van der Waals surface area contributed by atoms with E-state index in [1.807, 2.05) is 26.8 Å². The molecular weight excluding hydrogens is 262 g/mol. The first-order chi connectivity index (χ1) is 8.76. The van der Waals surface area contributed by atoms with Gasteiger partial charge in [-0.2, -0.15) is 5.26 Å². The Morgan fingerprint density at radius 2 is 2.11 bits per heavy atom. The highest BCUT2D eigenvalue weighted by atomic mass is 32.2. The fourth-order valence-electron chi connectivity index (χ4n) is 1.89. The van der Waals surface area contributed by atoms with Gasteiger partial charge in [0.15, 0.2) is 0 Å². The lowest BCUT2D eigenvalue weighted by Gasteiger charge is -2.28. The van der Waals surface area contributed by atoms with E-state index >= 15 is 0 Å². The van der Waals surface area contributed by atoms with Gasteiger partial charge < -0.3 is 9.80 Å². The summed E-state index contributed by atoms with van der Waals surface area (Å²) in [5.41, 5.74) is -0.0868. The number of hydrogen-bond donors (Lipinski definition) is 0. The summed E-state index contributed by atoms with van der Waals surface area (Å²) in [5, 5.41) is 8.63. The minimum Gasteiger partial charge on any atom is -0.331 e. The minimum atomic E-state index is -0.418. The van der Waals surface area contributed by atoms with E-state index < -0.39 is 6.04 Å². The first-order valence-corrected chi connectivity index (χ1v) is 7.41. The lowest BCUT2D eigenvalue weighted by molar-refractivity contribution is -0.143. The van der Waals surface area contributed by atoms with Crippen molar-refractivity contribution in [3.05, 3.63) is 0 Å². The molecule has 0 saturated carbocycles. The molecule has 106 valence electrons. The maximum atomic E-state index is 12.2. The molecule has 6 heteroatoms. The van der Waals surface area contributed by atoms with Crippen LogP contribution in [0.1, 0.15) is 27.2 Å². The second-order valence-electron chi connectivity index (χ2n) is 5.97. The number of likely N-dealkylation sites (N-methyl/N-ethyl adjacent to an activating group) is 1. The van der Waals surface area contributed by atoms with Gasteiger partial charge in [-0.1, -0.05) is 20.8 Å². The summed E-state index contributed by atoms with van der Waals surface area (Å²) in [4.78, 5) is 27.4. The second-order valence-corrected chi connectivity index (χ2v) is 6.97. The molecule has 1 atom stereocenters. The Labute approximate surface area is 118 Å². The van der Waals surface area contributed by atoms with Gasteiger partial charge in [0, 0.05) is 19.2 Å². The van der Waals surface area contributed by atoms with Crippen LogP contribution >= 0.6 is 11.8 Å². The maximum Gasteiger partial charge on any atom is 0.246 e. The summed E-state index contributed by atoms with van der Waals surface area (Å²) in [7, 11) is 1.60. The number of carbonyl (C=O) groups excluding carboxylic acids is 2. The van der Waals surface area contributed by atoms with Crippen molar-refractivity contribution in [1.29, 1.82) is 5.26 Å². The molecule has 0 N–H and O–H groups in total. The van der Waals surface area contributed by atoms with Crippen molar-refractivity contribution in [2.24, 2.45) is 5.41 Å². The lowest BCUT2D eigenvalue weighted by atomic mass is 9.91. The molecule has 1 rings (SSSR count). The molecule has 1 heterocycles. The van der Waals surface area contributed by atoms with Crippen molar-refractivity contribution in [3.63, 3.8) is 0 Å². The van der Waals surface area contributed by atoms with Gasteiger partial charge in [-0.15, -0.1) is 11.8 Å². The van der Waals surface area contributed by atoms with Gasteiger partial charge in [0.05, 0.1) is 11.9 Å². The third-order valence-electron chi connectivity index (χ3n) is 2.85. The predicted octanol–water partition coefficient (Wildman–Crippen LogP) is 1.31. The van der Waals surface area contributed by atoms with E-state index in [2.05, 4.69) is 0 Å². The van der Waals surface area contributed by atoms with Gasteiger partial charge in [0.25, 0.3) is 0 Å². The number of nitriles is 1. The van der Waals surface area contributed by atoms with E-state index in [1.165, 1.54) is 4.90 Å². The number of nitrogens with zero attached hydrogens (tertiary/aromatic N) is 3. The fraction of sp³-hybridized carbons (Fsp3) is 0.769. The topological polar surface area (TPSA) is 64.4 Å². The fourth-order valence-corrected chi connectivity index (χ4v) is 3.06. The number of thioether (sulfide) groups is 1. The third kappa shape index (κ3) is 4.43. The Balaban J connectivity index is 2.71. The van der Waals surface area contributed by atoms with Crippen molar-refractivity contribution in [1.82, 2.24) is 9.80 Å². The Hall–Kier alpha value is -1.22. The molecule has 0 radical (unpaired) electrons. The smallest absolute Gasteiger partial charge is 0.246 e. The van der Waals surface area contributed by atoms with Gasteiger partial charge in [-0.05, 0) is 5.41 Å². The Bertz CT molecular complexity index is 398. The van der Waals surface area contributed by atoms with E-state index in [4.69, 9.17) is 5.26 Å². The molecule has 0 aromatic rings. The van der Waals surface area contributed by atoms with Crippen LogP contribution in [0.15, 0.2) is 0 Å². The number of carbonyl (C=O) groups is 2. The summed E-state index contributed by atoms with van der Waals surface area (Å²) in [6, 6.07) is 1.53. The monoisotopic (exact) mass is 283 g/mol. The van der Waals surface area contributed by atoms with E-state index in [9.17, 15) is 9.59 Å². The van der Waals surface area contributed by atoms with Crippen molar-refractivity contribution in [2.45, 2.75) is 33.2 Å². The van der Waals surface area contributed by atoms with E-state index in [-0.39, 0.29) is 23.8 Å². The molecule has 1 fully saturated rings. The average Bonchev–Trinajstić information content (AvgIpc) is 2.74. The average molecular weight is 283 g/mol. The highest BCUT2D eigenvalue weighted by Gasteiger charge is 2.37. The van der Waals surface area contributed by atoms with Gasteiger partial charge in [-0.3, -0.25) is 9.59 Å². The molecule has 2 amide bonds. The molecule has 0 unspecified atom stereocenters. The number of rotatable bonds is 3. The van der Waals surface area contributed by atoms with Crippen molar-refractivity contribution in [2.75, 3.05) is 25.2 Å². The molecular formula is C13H21N3O2S. The first-order valence-electron chi connectivity index (χ1n) is 6.25. The van der Waals surface area contributed by atoms with Crippen molar-refractivity contribution in [3.8, 4) is 6.07 Å². The summed E-state index contributed by atoms with van der Waals surface area (Å²) in [5.74, 6) is 1.05. The third-order valence-corrected chi connectivity index (χ3v) is 3.87. The van der Waals surface area contributed by atoms with Gasteiger partial charge in [-0.25, -0.2) is 0 Å². The molecule has 1 aliphatic heterocycles. The second kappa shape index (κ2) is 6.29. The van der Waals surface area contributed by atoms with Crippen LogP contribution in [-0.2, 0) is 9.59 Å². The highest BCUT2D eigenvalue weighted by molar-refractivity contribution is 7.99. The van der Waals surface area contributed by atoms with Gasteiger partial charge in [0.1, 0.15) is 12.6 Å². The Morgan fingerprint density at radius 3 is 2.63 bits per heavy atom. The Kier molecular flexibility index (Phi) is 5.24. The molecule has 19 heavy (non-hydrogen) atoms. The molecule has 1 aliphatic rings. The van der Waals surface area contributed by atoms with Crippen LogP contribution in [0.5, 0.6) is 0 Å². The van der Waals surface area contributed by atoms with Crippen molar-refractivity contribution >= 4 is 23.6 Å². The van der Waals surface area contributed by atoms with Crippen LogP contribution in [0.2, 0.25) is 0 Å². The maximum absolute atomic E-state index is 12.2. The molecule has 0 aromatic heterocycles. The number of hydrogen-bond acceptors (Lipinski definition) is 4. The van der Waals surface area contributed by atoms with E-state index in [0.29, 0.717) is 18.1 Å². The largest absolute Gasteiger partial charge is 0.331 e. The zero-order chi connectivity index (χ0) is 14.6. The zero-order valence-corrected chi connectivity index (χ0v) is 12.8. The predicted molar refractivity (Wildman–Crippen MR) is 75.3 cm³/mol. The summed E-state index contributed by atoms with van der Waals surface area (Å²) in [6.45, 7) is 6.08. The van der Waals surface area contributed by atoms with Crippen LogP contribution in [0.4, 0.5) is 0 Å². The highest BCUT2D eigenvalue weighted by Crippen LogP contribution is 2.27. The van der Waals surface area contributed by atoms with Gasteiger partial charge in [0.2, 0.25) is 11.8 Å². The standard InChI is InChI=1S/C13H21N3O2S/c1-13(2,3)7-11(17)16-9-19-8-10(16)12(18)15(4)6-5-14/h10H,6-9H2,1-4H3/t10-/m0/s1. The normalized spacial score (nSPS) is 19.1. The van der Waals surface area contributed by atoms with Crippen LogP contribution in [0.25, 0.3) is 0 Å². The van der Waals surface area contributed by atoms with Crippen LogP contribution in [0.3, 0.4) is 0 Å². The van der Waals surface area contributed by atoms with Crippen LogP contribution in [0, 0.1) is 16.7 Å². The van der Waals surface area contributed by atoms with Gasteiger partial charge >= 0.3 is 0 Å². The minimum absolute atomic E-state index is 0.0150. The Morgan fingerprint density at radius 1 is 1.47 bits per heavy atom. The summed E-state index contributed by atoms with van der Waals surface area (Å²) >= 11 is 1.58. The molecule has 0 aromatic carbocycles. The quantitative estimate of drug-likeness (QED) is 0.733. The molecule has 1 saturated heterocycles. The van der Waals surface area contributed by atoms with E-state index in [0.717, 1.165) is 0 Å². The lowest BCUT2D eigenvalue weighted by Crippen LogP contribution is -2.48. The summed E-state index contributed by atoms with van der Waals surface area (Å²) < 4.78 is 0. The van der Waals surface area contributed by atoms with Crippen molar-refractivity contribution < 1.29 is 9.59 Å².